The molecule has 0 fully saturated rings. The van der Waals surface area contributed by atoms with E-state index < -0.39 is 0 Å². The summed E-state index contributed by atoms with van der Waals surface area (Å²) in [5, 5.41) is 0. The Bertz CT molecular complexity index is 607. The minimum Gasteiger partial charge on any atom is -0.491 e. The summed E-state index contributed by atoms with van der Waals surface area (Å²) in [5.41, 5.74) is 8.46. The fourth-order valence-electron chi connectivity index (χ4n) is 2.02. The molecule has 0 aliphatic carbocycles. The maximum absolute atomic E-state index is 6.45. The summed E-state index contributed by atoms with van der Waals surface area (Å²) in [7, 11) is 1.66. The van der Waals surface area contributed by atoms with E-state index in [0.717, 1.165) is 24.9 Å². The number of halogens is 2. The second kappa shape index (κ2) is 8.12. The molecule has 3 nitrogen and oxygen atoms in total. The minimum atomic E-state index is -0.243. The number of ether oxygens (including phenoxy) is 2. The van der Waals surface area contributed by atoms with Crippen molar-refractivity contribution < 1.29 is 9.47 Å². The van der Waals surface area contributed by atoms with Gasteiger partial charge in [-0.15, -0.1) is 0 Å². The van der Waals surface area contributed by atoms with E-state index >= 15 is 0 Å². The number of benzene rings is 2. The predicted octanol–water partition coefficient (Wildman–Crippen LogP) is 4.13. The van der Waals surface area contributed by atoms with E-state index in [0.29, 0.717) is 13.2 Å². The highest BCUT2D eigenvalue weighted by atomic mass is 127. The van der Waals surface area contributed by atoms with Gasteiger partial charge in [0.25, 0.3) is 0 Å². The molecular formula is C16H17BrINO2. The topological polar surface area (TPSA) is 44.5 Å². The fraction of sp³-hybridized carbons (Fsp3) is 0.250. The van der Waals surface area contributed by atoms with Gasteiger partial charge in [0.1, 0.15) is 12.4 Å². The summed E-state index contributed by atoms with van der Waals surface area (Å²) in [6, 6.07) is 13.8. The lowest BCUT2D eigenvalue weighted by Gasteiger charge is -2.18. The Morgan fingerprint density at radius 2 is 1.90 bits per heavy atom. The van der Waals surface area contributed by atoms with Crippen LogP contribution in [0.5, 0.6) is 5.75 Å². The first-order valence-corrected chi connectivity index (χ1v) is 8.42. The van der Waals surface area contributed by atoms with Gasteiger partial charge in [0.05, 0.1) is 12.6 Å². The molecule has 112 valence electrons. The Kier molecular flexibility index (Phi) is 6.47. The van der Waals surface area contributed by atoms with Crippen molar-refractivity contribution >= 4 is 38.5 Å². The molecule has 0 heterocycles. The van der Waals surface area contributed by atoms with Crippen molar-refractivity contribution in [2.75, 3.05) is 20.3 Å². The Morgan fingerprint density at radius 3 is 2.67 bits per heavy atom. The Morgan fingerprint density at radius 1 is 1.14 bits per heavy atom. The van der Waals surface area contributed by atoms with Gasteiger partial charge in [0, 0.05) is 20.7 Å². The lowest BCUT2D eigenvalue weighted by molar-refractivity contribution is 0.145. The zero-order valence-electron chi connectivity index (χ0n) is 11.7. The molecule has 2 rings (SSSR count). The molecule has 21 heavy (non-hydrogen) atoms. The molecule has 0 bridgehead atoms. The van der Waals surface area contributed by atoms with Gasteiger partial charge in [0.2, 0.25) is 0 Å². The van der Waals surface area contributed by atoms with Crippen LogP contribution in [0.3, 0.4) is 0 Å². The van der Waals surface area contributed by atoms with E-state index in [2.05, 4.69) is 44.6 Å². The number of para-hydroxylation sites is 1. The largest absolute Gasteiger partial charge is 0.491 e. The van der Waals surface area contributed by atoms with Gasteiger partial charge in [-0.1, -0.05) is 34.1 Å². The normalized spacial score (nSPS) is 12.2. The smallest absolute Gasteiger partial charge is 0.124 e. The Labute approximate surface area is 147 Å². The second-order valence-electron chi connectivity index (χ2n) is 4.52. The molecule has 0 aliphatic rings. The molecule has 1 atom stereocenters. The van der Waals surface area contributed by atoms with Crippen molar-refractivity contribution in [1.82, 2.24) is 0 Å². The van der Waals surface area contributed by atoms with Gasteiger partial charge in [-0.25, -0.2) is 0 Å². The van der Waals surface area contributed by atoms with E-state index in [4.69, 9.17) is 15.2 Å². The number of hydrogen-bond acceptors (Lipinski definition) is 3. The molecule has 2 N–H and O–H groups in total. The molecule has 0 saturated heterocycles. The van der Waals surface area contributed by atoms with Crippen LogP contribution in [0.15, 0.2) is 46.9 Å². The van der Waals surface area contributed by atoms with Gasteiger partial charge in [-0.3, -0.25) is 0 Å². The first kappa shape index (κ1) is 16.7. The molecule has 2 aromatic carbocycles. The molecule has 0 radical (unpaired) electrons. The average Bonchev–Trinajstić information content (AvgIpc) is 2.50. The number of methoxy groups -OCH3 is 1. The van der Waals surface area contributed by atoms with Gasteiger partial charge in [0.15, 0.2) is 0 Å². The highest BCUT2D eigenvalue weighted by Crippen LogP contribution is 2.32. The molecule has 0 spiro atoms. The monoisotopic (exact) mass is 461 g/mol. The molecule has 1 unspecified atom stereocenters. The number of nitrogens with two attached hydrogens (primary N) is 1. The summed E-state index contributed by atoms with van der Waals surface area (Å²) < 4.78 is 12.9. The fourth-order valence-corrected chi connectivity index (χ4v) is 3.03. The van der Waals surface area contributed by atoms with Crippen LogP contribution in [0, 0.1) is 3.57 Å². The lowest BCUT2D eigenvalue weighted by atomic mass is 9.99. The highest BCUT2D eigenvalue weighted by molar-refractivity contribution is 14.1. The predicted molar refractivity (Wildman–Crippen MR) is 96.7 cm³/mol. The van der Waals surface area contributed by atoms with Crippen LogP contribution in [-0.4, -0.2) is 20.3 Å². The molecule has 0 amide bonds. The third-order valence-electron chi connectivity index (χ3n) is 3.09. The van der Waals surface area contributed by atoms with E-state index in [9.17, 15) is 0 Å². The maximum atomic E-state index is 6.45. The molecule has 0 aliphatic heterocycles. The first-order valence-electron chi connectivity index (χ1n) is 6.54. The number of rotatable bonds is 6. The van der Waals surface area contributed by atoms with Crippen LogP contribution in [0.4, 0.5) is 0 Å². The number of hydrogen-bond donors (Lipinski definition) is 1. The molecular weight excluding hydrogens is 445 g/mol. The molecule has 2 aromatic rings. The van der Waals surface area contributed by atoms with E-state index in [1.54, 1.807) is 7.11 Å². The van der Waals surface area contributed by atoms with E-state index in [1.807, 2.05) is 36.4 Å². The summed E-state index contributed by atoms with van der Waals surface area (Å²) in [6.45, 7) is 1.06. The van der Waals surface area contributed by atoms with Crippen molar-refractivity contribution in [2.24, 2.45) is 5.73 Å². The van der Waals surface area contributed by atoms with Crippen LogP contribution < -0.4 is 10.5 Å². The van der Waals surface area contributed by atoms with Gasteiger partial charge in [-0.2, -0.15) is 0 Å². The standard InChI is InChI=1S/C16H17BrINO2/c1-20-8-9-21-15-5-3-2-4-12(15)16(19)13-10-11(18)6-7-14(13)17/h2-7,10,16H,8-9,19H2,1H3. The summed E-state index contributed by atoms with van der Waals surface area (Å²) in [4.78, 5) is 0. The third kappa shape index (κ3) is 4.42. The highest BCUT2D eigenvalue weighted by Gasteiger charge is 2.16. The Hall–Kier alpha value is -0.630. The van der Waals surface area contributed by atoms with Crippen molar-refractivity contribution in [3.63, 3.8) is 0 Å². The van der Waals surface area contributed by atoms with Gasteiger partial charge < -0.3 is 15.2 Å². The SMILES string of the molecule is COCCOc1ccccc1C(N)c1cc(I)ccc1Br. The average molecular weight is 462 g/mol. The van der Waals surface area contributed by atoms with Crippen LogP contribution in [0.25, 0.3) is 0 Å². The van der Waals surface area contributed by atoms with Crippen LogP contribution in [0.2, 0.25) is 0 Å². The van der Waals surface area contributed by atoms with Crippen molar-refractivity contribution in [2.45, 2.75) is 6.04 Å². The van der Waals surface area contributed by atoms with Gasteiger partial charge >= 0.3 is 0 Å². The summed E-state index contributed by atoms with van der Waals surface area (Å²) >= 11 is 5.86. The minimum absolute atomic E-state index is 0.243. The summed E-state index contributed by atoms with van der Waals surface area (Å²) in [6.07, 6.45) is 0. The van der Waals surface area contributed by atoms with Gasteiger partial charge in [-0.05, 0) is 52.4 Å². The zero-order chi connectivity index (χ0) is 15.2. The second-order valence-corrected chi connectivity index (χ2v) is 6.62. The van der Waals surface area contributed by atoms with Crippen molar-refractivity contribution in [3.8, 4) is 5.75 Å². The van der Waals surface area contributed by atoms with Crippen molar-refractivity contribution in [1.29, 1.82) is 0 Å². The quantitative estimate of drug-likeness (QED) is 0.519. The lowest BCUT2D eigenvalue weighted by Crippen LogP contribution is -2.15. The zero-order valence-corrected chi connectivity index (χ0v) is 15.4. The van der Waals surface area contributed by atoms with Crippen LogP contribution in [0.1, 0.15) is 17.2 Å². The third-order valence-corrected chi connectivity index (χ3v) is 4.49. The first-order chi connectivity index (χ1) is 10.1. The van der Waals surface area contributed by atoms with Crippen LogP contribution >= 0.6 is 38.5 Å². The molecule has 0 aromatic heterocycles. The Balaban J connectivity index is 2.30. The van der Waals surface area contributed by atoms with Crippen molar-refractivity contribution in [3.05, 3.63) is 61.6 Å². The van der Waals surface area contributed by atoms with Crippen LogP contribution in [-0.2, 0) is 4.74 Å². The summed E-state index contributed by atoms with van der Waals surface area (Å²) in [5.74, 6) is 0.799. The molecule has 0 saturated carbocycles. The van der Waals surface area contributed by atoms with E-state index in [-0.39, 0.29) is 6.04 Å². The molecule has 5 heteroatoms. The maximum Gasteiger partial charge on any atom is 0.124 e. The van der Waals surface area contributed by atoms with E-state index in [1.165, 1.54) is 0 Å².